The van der Waals surface area contributed by atoms with Crippen LogP contribution in [0.2, 0.25) is 0 Å². The number of aldehydes is 2. The van der Waals surface area contributed by atoms with Crippen molar-refractivity contribution in [2.75, 3.05) is 0 Å². The van der Waals surface area contributed by atoms with Gasteiger partial charge in [0.2, 0.25) is 5.91 Å². The van der Waals surface area contributed by atoms with Crippen molar-refractivity contribution in [2.24, 2.45) is 5.41 Å². The molecule has 9 heteroatoms. The van der Waals surface area contributed by atoms with Gasteiger partial charge in [0, 0.05) is 12.8 Å². The van der Waals surface area contributed by atoms with Gasteiger partial charge in [-0.25, -0.2) is 9.69 Å². The molecule has 0 aliphatic carbocycles. The molecular weight excluding hydrogens is 271 g/mol. The molecule has 0 spiro atoms. The van der Waals surface area contributed by atoms with Gasteiger partial charge in [-0.2, -0.15) is 13.2 Å². The molecule has 6 nitrogen and oxygen atoms in total. The number of halogens is 3. The van der Waals surface area contributed by atoms with E-state index in [1.807, 2.05) is 0 Å². The van der Waals surface area contributed by atoms with E-state index in [4.69, 9.17) is 5.11 Å². The molecule has 1 aliphatic rings. The minimum Gasteiger partial charge on any atom is -0.465 e. The van der Waals surface area contributed by atoms with Crippen LogP contribution >= 0.6 is 0 Å². The predicted molar refractivity (Wildman–Crippen MR) is 53.1 cm³/mol. The maximum absolute atomic E-state index is 12.7. The normalized spacial score (nSPS) is 22.4. The average Bonchev–Trinajstić information content (AvgIpc) is 2.54. The monoisotopic (exact) mass is 281 g/mol. The van der Waals surface area contributed by atoms with Crippen LogP contribution in [0, 0.1) is 5.41 Å². The zero-order valence-electron chi connectivity index (χ0n) is 9.51. The summed E-state index contributed by atoms with van der Waals surface area (Å²) >= 11 is 0. The first kappa shape index (κ1) is 15.1. The Kier molecular flexibility index (Phi) is 3.97. The van der Waals surface area contributed by atoms with Gasteiger partial charge in [0.15, 0.2) is 0 Å². The molecule has 0 bridgehead atoms. The second kappa shape index (κ2) is 4.98. The summed E-state index contributed by atoms with van der Waals surface area (Å²) in [6.07, 6.45) is -8.74. The van der Waals surface area contributed by atoms with Crippen molar-refractivity contribution in [3.05, 3.63) is 0 Å². The molecule has 0 saturated carbocycles. The summed E-state index contributed by atoms with van der Waals surface area (Å²) in [6, 6.07) is -2.53. The summed E-state index contributed by atoms with van der Waals surface area (Å²) in [6.45, 7) is 0. The Bertz CT molecular complexity index is 410. The fourth-order valence-electron chi connectivity index (χ4n) is 2.17. The quantitative estimate of drug-likeness (QED) is 0.776. The fourth-order valence-corrected chi connectivity index (χ4v) is 2.17. The van der Waals surface area contributed by atoms with Crippen molar-refractivity contribution in [3.63, 3.8) is 0 Å². The SMILES string of the molecule is O=CCC1(CC=O)C[C@@H](C(F)(F)F)N(C(=O)O)C1=O. The van der Waals surface area contributed by atoms with Crippen LogP contribution in [0.4, 0.5) is 18.0 Å². The van der Waals surface area contributed by atoms with Gasteiger partial charge in [-0.05, 0) is 6.42 Å². The van der Waals surface area contributed by atoms with E-state index in [9.17, 15) is 32.3 Å². The minimum atomic E-state index is -4.94. The van der Waals surface area contributed by atoms with E-state index in [1.54, 1.807) is 0 Å². The third-order valence-electron chi connectivity index (χ3n) is 3.10. The Morgan fingerprint density at radius 2 is 1.84 bits per heavy atom. The van der Waals surface area contributed by atoms with E-state index < -0.39 is 48.9 Å². The summed E-state index contributed by atoms with van der Waals surface area (Å²) in [7, 11) is 0. The Labute approximate surface area is 105 Å². The topological polar surface area (TPSA) is 91.8 Å². The average molecular weight is 281 g/mol. The number of hydrogen-bond donors (Lipinski definition) is 1. The highest BCUT2D eigenvalue weighted by Gasteiger charge is 2.61. The van der Waals surface area contributed by atoms with E-state index in [2.05, 4.69) is 0 Å². The fraction of sp³-hybridized carbons (Fsp3) is 0.600. The van der Waals surface area contributed by atoms with Crippen LogP contribution < -0.4 is 0 Å². The van der Waals surface area contributed by atoms with Crippen molar-refractivity contribution in [2.45, 2.75) is 31.5 Å². The molecule has 1 heterocycles. The Morgan fingerprint density at radius 1 is 1.37 bits per heavy atom. The third kappa shape index (κ3) is 2.59. The number of hydrogen-bond acceptors (Lipinski definition) is 4. The van der Waals surface area contributed by atoms with Crippen molar-refractivity contribution in [1.29, 1.82) is 0 Å². The van der Waals surface area contributed by atoms with Crippen LogP contribution in [-0.4, -0.2) is 46.8 Å². The van der Waals surface area contributed by atoms with E-state index in [1.165, 1.54) is 0 Å². The van der Waals surface area contributed by atoms with Crippen LogP contribution in [0.3, 0.4) is 0 Å². The highest BCUT2D eigenvalue weighted by Crippen LogP contribution is 2.46. The zero-order chi connectivity index (χ0) is 14.8. The van der Waals surface area contributed by atoms with Crippen LogP contribution in [0.15, 0.2) is 0 Å². The van der Waals surface area contributed by atoms with Gasteiger partial charge in [0.25, 0.3) is 0 Å². The molecule has 0 radical (unpaired) electrons. The predicted octanol–water partition coefficient (Wildman–Crippen LogP) is 0.992. The number of amides is 2. The Balaban J connectivity index is 3.25. The molecule has 2 amide bonds. The van der Waals surface area contributed by atoms with Gasteiger partial charge in [-0.3, -0.25) is 4.79 Å². The van der Waals surface area contributed by atoms with Crippen LogP contribution in [0.5, 0.6) is 0 Å². The lowest BCUT2D eigenvalue weighted by Gasteiger charge is -2.21. The highest BCUT2D eigenvalue weighted by atomic mass is 19.4. The number of alkyl halides is 3. The van der Waals surface area contributed by atoms with Crippen molar-refractivity contribution in [1.82, 2.24) is 4.90 Å². The third-order valence-corrected chi connectivity index (χ3v) is 3.10. The number of carbonyl (C=O) groups excluding carboxylic acids is 3. The molecule has 0 aromatic heterocycles. The summed E-state index contributed by atoms with van der Waals surface area (Å²) in [4.78, 5) is 43.3. The second-order valence-electron chi connectivity index (χ2n) is 4.24. The number of rotatable bonds is 4. The maximum atomic E-state index is 12.7. The van der Waals surface area contributed by atoms with Gasteiger partial charge >= 0.3 is 12.3 Å². The molecule has 0 aromatic carbocycles. The van der Waals surface area contributed by atoms with Gasteiger partial charge in [-0.1, -0.05) is 0 Å². The van der Waals surface area contributed by atoms with E-state index in [0.29, 0.717) is 0 Å². The molecular formula is C10H10F3NO5. The molecule has 1 atom stereocenters. The van der Waals surface area contributed by atoms with Gasteiger partial charge in [0.05, 0.1) is 5.41 Å². The number of carbonyl (C=O) groups is 4. The largest absolute Gasteiger partial charge is 0.465 e. The maximum Gasteiger partial charge on any atom is 0.414 e. The first-order valence-corrected chi connectivity index (χ1v) is 5.20. The molecule has 0 aromatic rings. The van der Waals surface area contributed by atoms with Gasteiger partial charge in [0.1, 0.15) is 18.6 Å². The Hall–Kier alpha value is -1.93. The van der Waals surface area contributed by atoms with Gasteiger partial charge < -0.3 is 14.7 Å². The number of carboxylic acid groups (broad SMARTS) is 1. The van der Waals surface area contributed by atoms with Crippen molar-refractivity contribution >= 4 is 24.6 Å². The molecule has 0 unspecified atom stereocenters. The van der Waals surface area contributed by atoms with E-state index in [0.717, 1.165) is 0 Å². The zero-order valence-corrected chi connectivity index (χ0v) is 9.51. The molecule has 1 fully saturated rings. The summed E-state index contributed by atoms with van der Waals surface area (Å²) in [5, 5.41) is 8.71. The first-order valence-electron chi connectivity index (χ1n) is 5.20. The van der Waals surface area contributed by atoms with Crippen LogP contribution in [-0.2, 0) is 14.4 Å². The lowest BCUT2D eigenvalue weighted by atomic mass is 9.79. The number of imide groups is 1. The first-order chi connectivity index (χ1) is 8.69. The molecule has 1 N–H and O–H groups in total. The molecule has 106 valence electrons. The lowest BCUT2D eigenvalue weighted by molar-refractivity contribution is -0.175. The number of nitrogens with zero attached hydrogens (tertiary/aromatic N) is 1. The minimum absolute atomic E-state index is 0.209. The molecule has 1 rings (SSSR count). The van der Waals surface area contributed by atoms with Crippen molar-refractivity contribution < 1.29 is 37.5 Å². The second-order valence-corrected chi connectivity index (χ2v) is 4.24. The highest BCUT2D eigenvalue weighted by molar-refractivity contribution is 5.99. The van der Waals surface area contributed by atoms with Crippen LogP contribution in [0.25, 0.3) is 0 Å². The van der Waals surface area contributed by atoms with E-state index >= 15 is 0 Å². The summed E-state index contributed by atoms with van der Waals surface area (Å²) < 4.78 is 38.2. The van der Waals surface area contributed by atoms with Crippen LogP contribution in [0.1, 0.15) is 19.3 Å². The molecule has 1 saturated heterocycles. The summed E-state index contributed by atoms with van der Waals surface area (Å²) in [5.74, 6) is -1.36. The standard InChI is InChI=1S/C10H10F3NO5/c11-10(12,13)6-5-9(1-3-15,2-4-16)7(17)14(6)8(18)19/h3-4,6H,1-2,5H2,(H,18,19)/t6-/m0/s1. The lowest BCUT2D eigenvalue weighted by Crippen LogP contribution is -2.46. The summed E-state index contributed by atoms with van der Waals surface area (Å²) in [5.41, 5.74) is -1.91. The van der Waals surface area contributed by atoms with Gasteiger partial charge in [-0.15, -0.1) is 0 Å². The van der Waals surface area contributed by atoms with Crippen molar-refractivity contribution in [3.8, 4) is 0 Å². The molecule has 19 heavy (non-hydrogen) atoms. The molecule has 1 aliphatic heterocycles. The van der Waals surface area contributed by atoms with E-state index in [-0.39, 0.29) is 17.5 Å². The smallest absolute Gasteiger partial charge is 0.414 e. The Morgan fingerprint density at radius 3 is 2.11 bits per heavy atom. The number of likely N-dealkylation sites (tertiary alicyclic amines) is 1.